The smallest absolute Gasteiger partial charge is 0.137 e. The van der Waals surface area contributed by atoms with Crippen LogP contribution in [0.3, 0.4) is 0 Å². The molecule has 0 fully saturated rings. The lowest BCUT2D eigenvalue weighted by molar-refractivity contribution is 0.564. The summed E-state index contributed by atoms with van der Waals surface area (Å²) >= 11 is 0. The molecule has 3 nitrogen and oxygen atoms in total. The number of benzene rings is 5. The van der Waals surface area contributed by atoms with Crippen molar-refractivity contribution in [2.75, 3.05) is 4.90 Å². The predicted octanol–water partition coefficient (Wildman–Crippen LogP) is 11.2. The van der Waals surface area contributed by atoms with Crippen molar-refractivity contribution in [3.8, 4) is 0 Å². The Morgan fingerprint density at radius 3 is 2.46 bits per heavy atom. The molecule has 10 rings (SSSR count). The molecule has 3 aliphatic carbocycles. The van der Waals surface area contributed by atoms with E-state index in [2.05, 4.69) is 140 Å². The molecule has 0 amide bonds. The van der Waals surface area contributed by atoms with E-state index in [0.29, 0.717) is 0 Å². The van der Waals surface area contributed by atoms with Crippen LogP contribution in [-0.2, 0) is 11.8 Å². The molecule has 3 aliphatic rings. The Bertz CT molecular complexity index is 2480. The monoisotopic (exact) mass is 595 g/mol. The molecule has 5 aromatic carbocycles. The van der Waals surface area contributed by atoms with E-state index in [1.165, 1.54) is 44.1 Å². The number of rotatable bonds is 3. The first-order chi connectivity index (χ1) is 22.6. The SMILES string of the molecule is CC1(C)C2=CC=CC(N(C3=Cc4oc5ccc6ccccc6c5c4CC3)c3ccc4c(c3)oc3ccccc34)C2c2ccccc21. The van der Waals surface area contributed by atoms with Crippen LogP contribution in [-0.4, -0.2) is 6.04 Å². The Kier molecular flexibility index (Phi) is 5.29. The molecule has 3 heteroatoms. The number of para-hydroxylation sites is 1. The summed E-state index contributed by atoms with van der Waals surface area (Å²) in [5.41, 5.74) is 10.8. The zero-order chi connectivity index (χ0) is 30.6. The molecule has 2 aromatic heterocycles. The summed E-state index contributed by atoms with van der Waals surface area (Å²) in [6.45, 7) is 4.76. The maximum atomic E-state index is 6.64. The van der Waals surface area contributed by atoms with Crippen molar-refractivity contribution in [3.05, 3.63) is 155 Å². The van der Waals surface area contributed by atoms with Gasteiger partial charge < -0.3 is 13.7 Å². The van der Waals surface area contributed by atoms with Gasteiger partial charge in [-0.1, -0.05) is 110 Å². The van der Waals surface area contributed by atoms with Crippen LogP contribution in [0.25, 0.3) is 49.8 Å². The number of fused-ring (bicyclic) bond motifs is 11. The highest BCUT2D eigenvalue weighted by Crippen LogP contribution is 2.55. The van der Waals surface area contributed by atoms with Gasteiger partial charge in [-0.25, -0.2) is 0 Å². The molecule has 0 radical (unpaired) electrons. The minimum absolute atomic E-state index is 0.0352. The van der Waals surface area contributed by atoms with E-state index in [0.717, 1.165) is 51.8 Å². The van der Waals surface area contributed by atoms with Crippen molar-refractivity contribution in [2.24, 2.45) is 0 Å². The molecule has 0 aliphatic heterocycles. The molecule has 0 saturated heterocycles. The van der Waals surface area contributed by atoms with E-state index in [1.54, 1.807) is 0 Å². The van der Waals surface area contributed by atoms with Crippen molar-refractivity contribution in [1.29, 1.82) is 0 Å². The summed E-state index contributed by atoms with van der Waals surface area (Å²) in [5.74, 6) is 1.22. The Morgan fingerprint density at radius 1 is 0.717 bits per heavy atom. The van der Waals surface area contributed by atoms with Crippen LogP contribution in [0.5, 0.6) is 0 Å². The lowest BCUT2D eigenvalue weighted by Gasteiger charge is -2.41. The standard InChI is InChI=1S/C43H33NO2/c1-43(2)34-14-7-5-13-32(34)42-35(43)15-9-16-36(42)44(27-19-21-31-30-12-6-8-17-37(30)45-39(31)24-27)28-20-22-33-40(25-28)46-38-23-18-26-10-3-4-11-29(26)41(33)38/h3-19,21,23-25,36,42H,20,22H2,1-2H3. The van der Waals surface area contributed by atoms with Crippen LogP contribution in [0.15, 0.2) is 141 Å². The third-order valence-electron chi connectivity index (χ3n) is 10.8. The Balaban J connectivity index is 1.18. The summed E-state index contributed by atoms with van der Waals surface area (Å²) in [7, 11) is 0. The summed E-state index contributed by atoms with van der Waals surface area (Å²) < 4.78 is 13.1. The fourth-order valence-electron chi connectivity index (χ4n) is 8.72. The van der Waals surface area contributed by atoms with Crippen LogP contribution in [0.2, 0.25) is 0 Å². The fourth-order valence-corrected chi connectivity index (χ4v) is 8.72. The van der Waals surface area contributed by atoms with Crippen LogP contribution in [0.1, 0.15) is 48.6 Å². The number of hydrogen-bond acceptors (Lipinski definition) is 3. The number of hydrogen-bond donors (Lipinski definition) is 0. The van der Waals surface area contributed by atoms with Gasteiger partial charge in [0.25, 0.3) is 0 Å². The van der Waals surface area contributed by atoms with E-state index < -0.39 is 0 Å². The average molecular weight is 596 g/mol. The van der Waals surface area contributed by atoms with Gasteiger partial charge in [0.2, 0.25) is 0 Å². The summed E-state index contributed by atoms with van der Waals surface area (Å²) in [6, 6.07) is 37.2. The van der Waals surface area contributed by atoms with Crippen molar-refractivity contribution in [1.82, 2.24) is 0 Å². The van der Waals surface area contributed by atoms with Gasteiger partial charge in [-0.3, -0.25) is 0 Å². The molecule has 2 heterocycles. The molecule has 2 atom stereocenters. The van der Waals surface area contributed by atoms with E-state index in [-0.39, 0.29) is 17.4 Å². The topological polar surface area (TPSA) is 29.5 Å². The van der Waals surface area contributed by atoms with Crippen LogP contribution < -0.4 is 4.90 Å². The van der Waals surface area contributed by atoms with Crippen molar-refractivity contribution < 1.29 is 8.83 Å². The molecule has 0 saturated carbocycles. The largest absolute Gasteiger partial charge is 0.456 e. The average Bonchev–Trinajstić information content (AvgIpc) is 3.73. The molecule has 2 unspecified atom stereocenters. The highest BCUT2D eigenvalue weighted by atomic mass is 16.3. The molecule has 0 N–H and O–H groups in total. The van der Waals surface area contributed by atoms with Gasteiger partial charge >= 0.3 is 0 Å². The molecule has 222 valence electrons. The quantitative estimate of drug-likeness (QED) is 0.203. The molecule has 0 spiro atoms. The van der Waals surface area contributed by atoms with E-state index in [1.807, 2.05) is 6.07 Å². The molecular formula is C43H33NO2. The number of aryl methyl sites for hydroxylation is 1. The summed E-state index contributed by atoms with van der Waals surface area (Å²) in [6.07, 6.45) is 11.2. The highest BCUT2D eigenvalue weighted by Gasteiger charge is 2.47. The van der Waals surface area contributed by atoms with Gasteiger partial charge in [0.1, 0.15) is 22.5 Å². The van der Waals surface area contributed by atoms with Gasteiger partial charge in [0.15, 0.2) is 0 Å². The van der Waals surface area contributed by atoms with Crippen molar-refractivity contribution in [2.45, 2.75) is 44.1 Å². The first-order valence-corrected chi connectivity index (χ1v) is 16.4. The number of allylic oxidation sites excluding steroid dienone is 3. The summed E-state index contributed by atoms with van der Waals surface area (Å²) in [5, 5.41) is 6.08. The van der Waals surface area contributed by atoms with Crippen LogP contribution in [0.4, 0.5) is 5.69 Å². The van der Waals surface area contributed by atoms with E-state index in [4.69, 9.17) is 8.83 Å². The lowest BCUT2D eigenvalue weighted by atomic mass is 9.76. The number of anilines is 1. The Labute approximate surface area is 267 Å². The zero-order valence-electron chi connectivity index (χ0n) is 26.0. The Hall–Kier alpha value is -5.28. The third kappa shape index (κ3) is 3.54. The highest BCUT2D eigenvalue weighted by molar-refractivity contribution is 6.09. The first kappa shape index (κ1) is 26.0. The van der Waals surface area contributed by atoms with Crippen LogP contribution in [0, 0.1) is 0 Å². The number of furan rings is 2. The molecule has 7 aromatic rings. The first-order valence-electron chi connectivity index (χ1n) is 16.4. The fraction of sp³-hybridized carbons (Fsp3) is 0.163. The maximum Gasteiger partial charge on any atom is 0.137 e. The molecule has 46 heavy (non-hydrogen) atoms. The second-order valence-electron chi connectivity index (χ2n) is 13.6. The summed E-state index contributed by atoms with van der Waals surface area (Å²) in [4.78, 5) is 2.58. The second kappa shape index (κ2) is 9.37. The van der Waals surface area contributed by atoms with Gasteiger partial charge in [-0.2, -0.15) is 0 Å². The third-order valence-corrected chi connectivity index (χ3v) is 10.8. The predicted molar refractivity (Wildman–Crippen MR) is 189 cm³/mol. The maximum absolute atomic E-state index is 6.64. The molecule has 0 bridgehead atoms. The minimum atomic E-state index is -0.0352. The zero-order valence-corrected chi connectivity index (χ0v) is 26.0. The minimum Gasteiger partial charge on any atom is -0.456 e. The lowest BCUT2D eigenvalue weighted by Crippen LogP contribution is -2.40. The van der Waals surface area contributed by atoms with E-state index in [9.17, 15) is 0 Å². The van der Waals surface area contributed by atoms with Gasteiger partial charge in [-0.15, -0.1) is 0 Å². The second-order valence-corrected chi connectivity index (χ2v) is 13.6. The van der Waals surface area contributed by atoms with Crippen LogP contribution >= 0.6 is 0 Å². The molecular weight excluding hydrogens is 562 g/mol. The van der Waals surface area contributed by atoms with Crippen molar-refractivity contribution in [3.63, 3.8) is 0 Å². The van der Waals surface area contributed by atoms with Gasteiger partial charge in [0, 0.05) is 56.6 Å². The number of nitrogens with zero attached hydrogens (tertiary/aromatic N) is 1. The normalized spacial score (nSPS) is 19.7. The van der Waals surface area contributed by atoms with Gasteiger partial charge in [-0.05, 0) is 59.0 Å². The van der Waals surface area contributed by atoms with Crippen molar-refractivity contribution >= 4 is 55.4 Å². The Morgan fingerprint density at radius 2 is 1.52 bits per heavy atom. The van der Waals surface area contributed by atoms with Gasteiger partial charge in [0.05, 0.1) is 6.04 Å². The van der Waals surface area contributed by atoms with E-state index >= 15 is 0 Å².